The first-order valence-corrected chi connectivity index (χ1v) is 12.3. The third-order valence-electron chi connectivity index (χ3n) is 6.13. The van der Waals surface area contributed by atoms with Crippen LogP contribution in [0.5, 0.6) is 17.2 Å². The summed E-state index contributed by atoms with van der Waals surface area (Å²) in [5, 5.41) is 21.7. The van der Waals surface area contributed by atoms with E-state index in [0.717, 1.165) is 0 Å². The number of ether oxygens (including phenoxy) is 2. The fourth-order valence-electron chi connectivity index (χ4n) is 4.54. The molecule has 3 N–H and O–H groups in total. The topological polar surface area (TPSA) is 125 Å². The van der Waals surface area contributed by atoms with Crippen molar-refractivity contribution in [1.29, 1.82) is 0 Å². The normalized spacial score (nSPS) is 16.9. The minimum Gasteiger partial charge on any atom is -0.507 e. The summed E-state index contributed by atoms with van der Waals surface area (Å²) in [6.45, 7) is 5.83. The monoisotopic (exact) mass is 513 g/mol. The number of ketones is 1. The lowest BCUT2D eigenvalue weighted by Gasteiger charge is -2.23. The smallest absolute Gasteiger partial charge is 0.302 e. The standard InChI is InChI=1S/C29H27N3O6/c1-4-37-23-15-17(12-13-22(23)33)25-24(26(34)18-8-7-9-19(14-18)38-16(2)3)27(35)28(36)32(25)29-30-20-10-5-6-11-21(20)31-29/h5-16,25,33-34H,4H2,1-3H3,(H,30,31)/b26-24+. The molecular weight excluding hydrogens is 486 g/mol. The summed E-state index contributed by atoms with van der Waals surface area (Å²) in [5.41, 5.74) is 1.94. The van der Waals surface area contributed by atoms with E-state index < -0.39 is 17.7 Å². The Balaban J connectivity index is 1.71. The number of hydrogen-bond acceptors (Lipinski definition) is 7. The van der Waals surface area contributed by atoms with Crippen molar-refractivity contribution in [2.24, 2.45) is 0 Å². The van der Waals surface area contributed by atoms with E-state index in [1.54, 1.807) is 49.4 Å². The highest BCUT2D eigenvalue weighted by molar-refractivity contribution is 6.51. The van der Waals surface area contributed by atoms with Crippen molar-refractivity contribution in [3.63, 3.8) is 0 Å². The number of fused-ring (bicyclic) bond motifs is 1. The van der Waals surface area contributed by atoms with Gasteiger partial charge in [0.1, 0.15) is 11.5 Å². The third kappa shape index (κ3) is 4.43. The quantitative estimate of drug-likeness (QED) is 0.179. The van der Waals surface area contributed by atoms with Gasteiger partial charge in [0.15, 0.2) is 11.5 Å². The summed E-state index contributed by atoms with van der Waals surface area (Å²) in [6.07, 6.45) is -0.0972. The van der Waals surface area contributed by atoms with E-state index in [0.29, 0.717) is 34.5 Å². The van der Waals surface area contributed by atoms with Gasteiger partial charge in [-0.05, 0) is 62.7 Å². The van der Waals surface area contributed by atoms with Gasteiger partial charge in [0.05, 0.1) is 35.4 Å². The fourth-order valence-corrected chi connectivity index (χ4v) is 4.54. The molecule has 38 heavy (non-hydrogen) atoms. The number of benzene rings is 3. The van der Waals surface area contributed by atoms with E-state index in [9.17, 15) is 19.8 Å². The number of hydrogen-bond donors (Lipinski definition) is 3. The minimum absolute atomic E-state index is 0.0881. The first-order chi connectivity index (χ1) is 18.3. The summed E-state index contributed by atoms with van der Waals surface area (Å²) >= 11 is 0. The molecule has 9 heteroatoms. The minimum atomic E-state index is -1.05. The Morgan fingerprint density at radius 3 is 2.61 bits per heavy atom. The third-order valence-corrected chi connectivity index (χ3v) is 6.13. The predicted molar refractivity (Wildman–Crippen MR) is 142 cm³/mol. The summed E-state index contributed by atoms with van der Waals surface area (Å²) < 4.78 is 11.3. The van der Waals surface area contributed by atoms with Gasteiger partial charge >= 0.3 is 5.91 Å². The molecule has 1 fully saturated rings. The second kappa shape index (κ2) is 9.93. The highest BCUT2D eigenvalue weighted by Gasteiger charge is 2.48. The maximum Gasteiger partial charge on any atom is 0.302 e. The molecule has 1 unspecified atom stereocenters. The van der Waals surface area contributed by atoms with Gasteiger partial charge in [0, 0.05) is 5.56 Å². The molecule has 9 nitrogen and oxygen atoms in total. The van der Waals surface area contributed by atoms with Crippen LogP contribution in [0.15, 0.2) is 72.3 Å². The van der Waals surface area contributed by atoms with Crippen LogP contribution in [0.4, 0.5) is 5.95 Å². The van der Waals surface area contributed by atoms with Crippen molar-refractivity contribution in [1.82, 2.24) is 9.97 Å². The van der Waals surface area contributed by atoms with E-state index in [1.807, 2.05) is 32.0 Å². The number of phenolic OH excluding ortho intramolecular Hbond substituents is 1. The Hall–Kier alpha value is -4.79. The van der Waals surface area contributed by atoms with Crippen molar-refractivity contribution in [3.05, 3.63) is 83.4 Å². The zero-order valence-corrected chi connectivity index (χ0v) is 21.1. The number of carbonyl (C=O) groups is 2. The highest BCUT2D eigenvalue weighted by atomic mass is 16.5. The van der Waals surface area contributed by atoms with Gasteiger partial charge in [-0.25, -0.2) is 4.98 Å². The van der Waals surface area contributed by atoms with E-state index in [-0.39, 0.29) is 34.9 Å². The van der Waals surface area contributed by atoms with Crippen LogP contribution < -0.4 is 14.4 Å². The highest BCUT2D eigenvalue weighted by Crippen LogP contribution is 2.43. The lowest BCUT2D eigenvalue weighted by molar-refractivity contribution is -0.132. The van der Waals surface area contributed by atoms with E-state index in [1.165, 1.54) is 11.0 Å². The molecule has 3 aromatic carbocycles. The average molecular weight is 514 g/mol. The van der Waals surface area contributed by atoms with Crippen molar-refractivity contribution in [2.45, 2.75) is 32.9 Å². The Labute approximate surface area is 219 Å². The number of H-pyrrole nitrogens is 1. The molecular formula is C29H27N3O6. The van der Waals surface area contributed by atoms with Gasteiger partial charge in [-0.1, -0.05) is 30.3 Å². The van der Waals surface area contributed by atoms with Crippen LogP contribution in [0, 0.1) is 0 Å². The van der Waals surface area contributed by atoms with Crippen LogP contribution in [-0.4, -0.2) is 44.6 Å². The van der Waals surface area contributed by atoms with Crippen LogP contribution in [0.3, 0.4) is 0 Å². The summed E-state index contributed by atoms with van der Waals surface area (Å²) in [6, 6.07) is 17.4. The Morgan fingerprint density at radius 1 is 1.08 bits per heavy atom. The van der Waals surface area contributed by atoms with Gasteiger partial charge < -0.3 is 24.7 Å². The maximum atomic E-state index is 13.5. The summed E-state index contributed by atoms with van der Waals surface area (Å²) in [5.74, 6) is -1.31. The maximum absolute atomic E-state index is 13.5. The first kappa shape index (κ1) is 24.9. The number of anilines is 1. The molecule has 0 radical (unpaired) electrons. The van der Waals surface area contributed by atoms with Gasteiger partial charge in [-0.2, -0.15) is 0 Å². The number of imidazole rings is 1. The molecule has 1 aromatic heterocycles. The molecule has 0 bridgehead atoms. The number of aliphatic hydroxyl groups excluding tert-OH is 1. The zero-order valence-electron chi connectivity index (χ0n) is 21.1. The molecule has 4 aromatic rings. The molecule has 1 atom stereocenters. The Morgan fingerprint density at radius 2 is 1.87 bits per heavy atom. The molecule has 0 saturated carbocycles. The molecule has 5 rings (SSSR count). The second-order valence-corrected chi connectivity index (χ2v) is 9.10. The molecule has 1 aliphatic heterocycles. The molecule has 1 amide bonds. The van der Waals surface area contributed by atoms with E-state index >= 15 is 0 Å². The number of para-hydroxylation sites is 2. The average Bonchev–Trinajstić information content (AvgIpc) is 3.43. The predicted octanol–water partition coefficient (Wildman–Crippen LogP) is 5.08. The van der Waals surface area contributed by atoms with Crippen molar-refractivity contribution in [2.75, 3.05) is 11.5 Å². The number of aliphatic hydroxyl groups is 1. The van der Waals surface area contributed by atoms with Crippen LogP contribution in [0.1, 0.15) is 37.9 Å². The molecule has 2 heterocycles. The molecule has 0 aliphatic carbocycles. The van der Waals surface area contributed by atoms with Crippen molar-refractivity contribution >= 4 is 34.4 Å². The SMILES string of the molecule is CCOc1cc(C2/C(=C(\O)c3cccc(OC(C)C)c3)C(=O)C(=O)N2c2nc3ccccc3[nH]2)ccc1O. The van der Waals surface area contributed by atoms with Crippen molar-refractivity contribution < 1.29 is 29.3 Å². The zero-order chi connectivity index (χ0) is 27.0. The lowest BCUT2D eigenvalue weighted by Crippen LogP contribution is -2.30. The number of nitrogens with zero attached hydrogens (tertiary/aromatic N) is 2. The lowest BCUT2D eigenvalue weighted by atomic mass is 9.95. The molecule has 194 valence electrons. The molecule has 0 spiro atoms. The van der Waals surface area contributed by atoms with Gasteiger partial charge in [-0.15, -0.1) is 0 Å². The number of nitrogens with one attached hydrogen (secondary N) is 1. The largest absolute Gasteiger partial charge is 0.507 e. The number of aromatic hydroxyl groups is 1. The van der Waals surface area contributed by atoms with Crippen LogP contribution in [0.25, 0.3) is 16.8 Å². The number of carbonyl (C=O) groups excluding carboxylic acids is 2. The van der Waals surface area contributed by atoms with Crippen LogP contribution in [0.2, 0.25) is 0 Å². The Bertz CT molecular complexity index is 1540. The van der Waals surface area contributed by atoms with Crippen LogP contribution in [-0.2, 0) is 9.59 Å². The van der Waals surface area contributed by atoms with E-state index in [4.69, 9.17) is 9.47 Å². The Kier molecular flexibility index (Phi) is 6.50. The second-order valence-electron chi connectivity index (χ2n) is 9.10. The van der Waals surface area contributed by atoms with Gasteiger partial charge in [0.2, 0.25) is 5.95 Å². The van der Waals surface area contributed by atoms with Crippen LogP contribution >= 0.6 is 0 Å². The number of aromatic nitrogens is 2. The van der Waals surface area contributed by atoms with Gasteiger partial charge in [0.25, 0.3) is 5.78 Å². The fraction of sp³-hybridized carbons (Fsp3) is 0.207. The number of rotatable bonds is 7. The van der Waals surface area contributed by atoms with E-state index in [2.05, 4.69) is 9.97 Å². The molecule has 1 saturated heterocycles. The molecule has 1 aliphatic rings. The number of aromatic amines is 1. The van der Waals surface area contributed by atoms with Gasteiger partial charge in [-0.3, -0.25) is 14.5 Å². The first-order valence-electron chi connectivity index (χ1n) is 12.3. The summed E-state index contributed by atoms with van der Waals surface area (Å²) in [7, 11) is 0. The number of Topliss-reactive ketones (excluding diaryl/α,β-unsaturated/α-hetero) is 1. The number of amides is 1. The van der Waals surface area contributed by atoms with Crippen molar-refractivity contribution in [3.8, 4) is 17.2 Å². The number of phenols is 1. The summed E-state index contributed by atoms with van der Waals surface area (Å²) in [4.78, 5) is 35.8.